The van der Waals surface area contributed by atoms with Gasteiger partial charge in [0, 0.05) is 24.1 Å². The van der Waals surface area contributed by atoms with Gasteiger partial charge < -0.3 is 14.8 Å². The van der Waals surface area contributed by atoms with E-state index in [0.717, 1.165) is 30.9 Å². The van der Waals surface area contributed by atoms with E-state index in [1.165, 1.54) is 24.8 Å². The van der Waals surface area contributed by atoms with Crippen LogP contribution in [0, 0.1) is 0 Å². The van der Waals surface area contributed by atoms with Crippen LogP contribution in [0.3, 0.4) is 0 Å². The van der Waals surface area contributed by atoms with E-state index in [1.807, 2.05) is 13.1 Å². The number of hydrogen-bond donors (Lipinski definition) is 1. The van der Waals surface area contributed by atoms with Crippen molar-refractivity contribution in [3.63, 3.8) is 0 Å². The first-order valence-corrected chi connectivity index (χ1v) is 8.19. The first kappa shape index (κ1) is 16.2. The van der Waals surface area contributed by atoms with Crippen molar-refractivity contribution in [2.75, 3.05) is 13.7 Å². The number of unbranched alkanes of at least 4 members (excludes halogenated alkanes) is 3. The molecule has 0 amide bonds. The minimum absolute atomic E-state index is 0.138. The molecule has 1 aliphatic heterocycles. The normalized spacial score (nSPS) is 19.7. The summed E-state index contributed by atoms with van der Waals surface area (Å²) in [7, 11) is 2.01. The second kappa shape index (κ2) is 7.17. The highest BCUT2D eigenvalue weighted by Crippen LogP contribution is 2.40. The summed E-state index contributed by atoms with van der Waals surface area (Å²) in [6, 6.07) is 6.58. The number of fused-ring (bicyclic) bond motifs is 1. The topological polar surface area (TPSA) is 30.5 Å². The molecule has 21 heavy (non-hydrogen) atoms. The maximum Gasteiger partial charge on any atom is 0.128 e. The van der Waals surface area contributed by atoms with Gasteiger partial charge in [-0.1, -0.05) is 32.3 Å². The lowest BCUT2D eigenvalue weighted by Crippen LogP contribution is -2.38. The molecular weight excluding hydrogens is 262 g/mol. The Morgan fingerprint density at radius 1 is 1.29 bits per heavy atom. The molecule has 0 saturated carbocycles. The van der Waals surface area contributed by atoms with Gasteiger partial charge in [-0.15, -0.1) is 0 Å². The lowest BCUT2D eigenvalue weighted by Gasteiger charge is -2.37. The third kappa shape index (κ3) is 4.37. The fourth-order valence-corrected chi connectivity index (χ4v) is 2.90. The molecular formula is C18H29NO2. The van der Waals surface area contributed by atoms with E-state index in [9.17, 15) is 0 Å². The molecule has 0 aromatic heterocycles. The molecule has 0 saturated heterocycles. The first-order valence-electron chi connectivity index (χ1n) is 8.19. The summed E-state index contributed by atoms with van der Waals surface area (Å²) < 4.78 is 12.0. The van der Waals surface area contributed by atoms with Crippen LogP contribution in [0.4, 0.5) is 0 Å². The Labute approximate surface area is 129 Å². The molecule has 0 spiro atoms. The second-order valence-electron chi connectivity index (χ2n) is 6.52. The average molecular weight is 291 g/mol. The van der Waals surface area contributed by atoms with Crippen LogP contribution in [-0.4, -0.2) is 19.3 Å². The van der Waals surface area contributed by atoms with Crippen LogP contribution in [-0.2, 0) is 0 Å². The number of benzene rings is 1. The minimum atomic E-state index is -0.138. The van der Waals surface area contributed by atoms with Crippen LogP contribution < -0.4 is 14.8 Å². The Morgan fingerprint density at radius 3 is 2.81 bits per heavy atom. The molecule has 2 rings (SSSR count). The van der Waals surface area contributed by atoms with Crippen LogP contribution >= 0.6 is 0 Å². The van der Waals surface area contributed by atoms with Gasteiger partial charge >= 0.3 is 0 Å². The number of hydrogen-bond acceptors (Lipinski definition) is 3. The van der Waals surface area contributed by atoms with E-state index in [2.05, 4.69) is 38.2 Å². The van der Waals surface area contributed by atoms with Gasteiger partial charge in [0.05, 0.1) is 6.61 Å². The van der Waals surface area contributed by atoms with Crippen molar-refractivity contribution in [2.45, 2.75) is 64.5 Å². The summed E-state index contributed by atoms with van der Waals surface area (Å²) in [5.41, 5.74) is 1.09. The molecule has 1 aromatic rings. The quantitative estimate of drug-likeness (QED) is 0.752. The molecule has 1 unspecified atom stereocenters. The van der Waals surface area contributed by atoms with Crippen molar-refractivity contribution in [3.05, 3.63) is 23.8 Å². The van der Waals surface area contributed by atoms with Crippen molar-refractivity contribution in [2.24, 2.45) is 0 Å². The van der Waals surface area contributed by atoms with Gasteiger partial charge in [0.15, 0.2) is 0 Å². The van der Waals surface area contributed by atoms with Gasteiger partial charge in [-0.05, 0) is 33.4 Å². The molecule has 0 radical (unpaired) electrons. The number of ether oxygens (including phenoxy) is 2. The predicted octanol–water partition coefficient (Wildman–Crippen LogP) is 4.47. The van der Waals surface area contributed by atoms with E-state index in [4.69, 9.17) is 9.47 Å². The highest BCUT2D eigenvalue weighted by atomic mass is 16.5. The molecule has 1 N–H and O–H groups in total. The molecule has 1 heterocycles. The summed E-state index contributed by atoms with van der Waals surface area (Å²) in [5, 5.41) is 3.38. The summed E-state index contributed by atoms with van der Waals surface area (Å²) in [4.78, 5) is 0. The van der Waals surface area contributed by atoms with E-state index in [0.29, 0.717) is 6.04 Å². The van der Waals surface area contributed by atoms with Crippen molar-refractivity contribution >= 4 is 0 Å². The third-order valence-electron chi connectivity index (χ3n) is 4.06. The standard InChI is InChI=1S/C18H29NO2/c1-5-6-7-8-11-20-14-9-10-15-16(19-4)13-18(2,3)21-17(15)12-14/h9-10,12,16,19H,5-8,11,13H2,1-4H3. The van der Waals surface area contributed by atoms with Gasteiger partial charge in [0.25, 0.3) is 0 Å². The summed E-state index contributed by atoms with van der Waals surface area (Å²) in [5.74, 6) is 1.87. The van der Waals surface area contributed by atoms with Gasteiger partial charge in [-0.25, -0.2) is 0 Å². The highest BCUT2D eigenvalue weighted by Gasteiger charge is 2.33. The van der Waals surface area contributed by atoms with Crippen LogP contribution in [0.25, 0.3) is 0 Å². The average Bonchev–Trinajstić information content (AvgIpc) is 2.44. The SMILES string of the molecule is CCCCCCOc1ccc2c(c1)OC(C)(C)CC2NC. The van der Waals surface area contributed by atoms with E-state index < -0.39 is 0 Å². The summed E-state index contributed by atoms with van der Waals surface area (Å²) in [6.07, 6.45) is 5.89. The molecule has 1 atom stereocenters. The first-order chi connectivity index (χ1) is 10.1. The Hall–Kier alpha value is -1.22. The predicted molar refractivity (Wildman–Crippen MR) is 87.2 cm³/mol. The second-order valence-corrected chi connectivity index (χ2v) is 6.52. The Morgan fingerprint density at radius 2 is 2.10 bits per heavy atom. The van der Waals surface area contributed by atoms with Gasteiger partial charge in [-0.2, -0.15) is 0 Å². The van der Waals surface area contributed by atoms with Crippen LogP contribution in [0.15, 0.2) is 18.2 Å². The molecule has 0 aliphatic carbocycles. The minimum Gasteiger partial charge on any atom is -0.493 e. The van der Waals surface area contributed by atoms with Gasteiger partial charge in [0.2, 0.25) is 0 Å². The van der Waals surface area contributed by atoms with Gasteiger partial charge in [0.1, 0.15) is 17.1 Å². The van der Waals surface area contributed by atoms with Crippen LogP contribution in [0.5, 0.6) is 11.5 Å². The monoisotopic (exact) mass is 291 g/mol. The van der Waals surface area contributed by atoms with Crippen LogP contribution in [0.1, 0.15) is 64.5 Å². The van der Waals surface area contributed by atoms with Crippen molar-refractivity contribution in [1.82, 2.24) is 5.32 Å². The van der Waals surface area contributed by atoms with Crippen molar-refractivity contribution in [3.8, 4) is 11.5 Å². The molecule has 3 heteroatoms. The zero-order valence-corrected chi connectivity index (χ0v) is 13.9. The molecule has 118 valence electrons. The Balaban J connectivity index is 2.01. The maximum absolute atomic E-state index is 6.12. The Kier molecular flexibility index (Phi) is 5.51. The fourth-order valence-electron chi connectivity index (χ4n) is 2.90. The zero-order chi connectivity index (χ0) is 15.3. The molecule has 0 bridgehead atoms. The smallest absolute Gasteiger partial charge is 0.128 e. The molecule has 1 aromatic carbocycles. The number of rotatable bonds is 7. The molecule has 0 fully saturated rings. The van der Waals surface area contributed by atoms with E-state index in [-0.39, 0.29) is 5.60 Å². The fraction of sp³-hybridized carbons (Fsp3) is 0.667. The van der Waals surface area contributed by atoms with Gasteiger partial charge in [-0.3, -0.25) is 0 Å². The maximum atomic E-state index is 6.12. The number of nitrogens with one attached hydrogen (secondary N) is 1. The highest BCUT2D eigenvalue weighted by molar-refractivity contribution is 5.44. The largest absolute Gasteiger partial charge is 0.493 e. The van der Waals surface area contributed by atoms with Crippen molar-refractivity contribution in [1.29, 1.82) is 0 Å². The lowest BCUT2D eigenvalue weighted by atomic mass is 9.90. The van der Waals surface area contributed by atoms with E-state index in [1.54, 1.807) is 0 Å². The zero-order valence-electron chi connectivity index (χ0n) is 13.9. The van der Waals surface area contributed by atoms with Crippen molar-refractivity contribution < 1.29 is 9.47 Å². The Bertz CT molecular complexity index is 457. The molecule has 3 nitrogen and oxygen atoms in total. The lowest BCUT2D eigenvalue weighted by molar-refractivity contribution is 0.0671. The summed E-state index contributed by atoms with van der Waals surface area (Å²) in [6.45, 7) is 7.29. The molecule has 1 aliphatic rings. The van der Waals surface area contributed by atoms with E-state index >= 15 is 0 Å². The van der Waals surface area contributed by atoms with Crippen LogP contribution in [0.2, 0.25) is 0 Å². The summed E-state index contributed by atoms with van der Waals surface area (Å²) >= 11 is 0. The third-order valence-corrected chi connectivity index (χ3v) is 4.06.